The second-order valence-electron chi connectivity index (χ2n) is 3.96. The SMILES string of the molecule is CC(C)(NC(=O)CC[C@@H](N)C(=O)O)C(=O)O. The van der Waals surface area contributed by atoms with E-state index in [1.807, 2.05) is 0 Å². The van der Waals surface area contributed by atoms with Crippen LogP contribution in [-0.2, 0) is 14.4 Å². The average Bonchev–Trinajstić information content (AvgIpc) is 2.12. The fraction of sp³-hybridized carbons (Fsp3) is 0.667. The van der Waals surface area contributed by atoms with Gasteiger partial charge in [-0.1, -0.05) is 0 Å². The van der Waals surface area contributed by atoms with Crippen molar-refractivity contribution in [1.82, 2.24) is 5.32 Å². The number of aliphatic carboxylic acids is 2. The van der Waals surface area contributed by atoms with E-state index >= 15 is 0 Å². The monoisotopic (exact) mass is 232 g/mol. The molecule has 0 aliphatic carbocycles. The van der Waals surface area contributed by atoms with Crippen molar-refractivity contribution in [2.45, 2.75) is 38.3 Å². The van der Waals surface area contributed by atoms with Gasteiger partial charge in [-0.15, -0.1) is 0 Å². The Hall–Kier alpha value is -1.63. The first-order valence-electron chi connectivity index (χ1n) is 4.69. The third-order valence-corrected chi connectivity index (χ3v) is 1.99. The number of nitrogens with one attached hydrogen (secondary N) is 1. The van der Waals surface area contributed by atoms with Gasteiger partial charge in [0, 0.05) is 6.42 Å². The number of carbonyl (C=O) groups excluding carboxylic acids is 1. The van der Waals surface area contributed by atoms with Gasteiger partial charge < -0.3 is 21.3 Å². The molecule has 92 valence electrons. The molecule has 1 amide bonds. The molecule has 1 atom stereocenters. The summed E-state index contributed by atoms with van der Waals surface area (Å²) in [5.74, 6) is -2.89. The van der Waals surface area contributed by atoms with Gasteiger partial charge in [-0.3, -0.25) is 9.59 Å². The molecule has 7 heteroatoms. The summed E-state index contributed by atoms with van der Waals surface area (Å²) in [5.41, 5.74) is 3.82. The molecule has 0 fully saturated rings. The van der Waals surface area contributed by atoms with Gasteiger partial charge in [-0.05, 0) is 20.3 Å². The highest BCUT2D eigenvalue weighted by Gasteiger charge is 2.28. The van der Waals surface area contributed by atoms with E-state index in [0.29, 0.717) is 0 Å². The summed E-state index contributed by atoms with van der Waals surface area (Å²) < 4.78 is 0. The summed E-state index contributed by atoms with van der Waals surface area (Å²) in [4.78, 5) is 32.3. The first-order valence-corrected chi connectivity index (χ1v) is 4.69. The molecule has 0 saturated carbocycles. The number of hydrogen-bond acceptors (Lipinski definition) is 4. The van der Waals surface area contributed by atoms with Gasteiger partial charge in [0.05, 0.1) is 0 Å². The molecule has 16 heavy (non-hydrogen) atoms. The van der Waals surface area contributed by atoms with Gasteiger partial charge in [0.25, 0.3) is 0 Å². The molecule has 0 aromatic carbocycles. The zero-order chi connectivity index (χ0) is 12.9. The second-order valence-corrected chi connectivity index (χ2v) is 3.96. The summed E-state index contributed by atoms with van der Waals surface area (Å²) in [6.07, 6.45) is -0.152. The molecule has 0 bridgehead atoms. The fourth-order valence-corrected chi connectivity index (χ4v) is 0.875. The summed E-state index contributed by atoms with van der Waals surface area (Å²) in [6.45, 7) is 2.68. The third-order valence-electron chi connectivity index (χ3n) is 1.99. The van der Waals surface area contributed by atoms with Crippen molar-refractivity contribution in [2.24, 2.45) is 5.73 Å². The van der Waals surface area contributed by atoms with Crippen LogP contribution in [-0.4, -0.2) is 39.6 Å². The summed E-state index contributed by atoms with van der Waals surface area (Å²) in [7, 11) is 0. The first kappa shape index (κ1) is 14.4. The van der Waals surface area contributed by atoms with Crippen LogP contribution in [0.15, 0.2) is 0 Å². The molecule has 0 unspecified atom stereocenters. The van der Waals surface area contributed by atoms with Crippen LogP contribution in [0.1, 0.15) is 26.7 Å². The number of hydrogen-bond donors (Lipinski definition) is 4. The molecular weight excluding hydrogens is 216 g/mol. The molecule has 0 rings (SSSR count). The lowest BCUT2D eigenvalue weighted by molar-refractivity contribution is -0.146. The van der Waals surface area contributed by atoms with Crippen LogP contribution in [0.5, 0.6) is 0 Å². The van der Waals surface area contributed by atoms with Crippen LogP contribution in [0.4, 0.5) is 0 Å². The number of carbonyl (C=O) groups is 3. The Morgan fingerprint density at radius 1 is 1.31 bits per heavy atom. The Balaban J connectivity index is 4.11. The Labute approximate surface area is 92.6 Å². The maximum Gasteiger partial charge on any atom is 0.328 e. The van der Waals surface area contributed by atoms with Crippen molar-refractivity contribution in [2.75, 3.05) is 0 Å². The van der Waals surface area contributed by atoms with E-state index in [2.05, 4.69) is 5.32 Å². The molecule has 7 nitrogen and oxygen atoms in total. The van der Waals surface area contributed by atoms with Gasteiger partial charge in [-0.2, -0.15) is 0 Å². The molecule has 0 spiro atoms. The van der Waals surface area contributed by atoms with Crippen molar-refractivity contribution < 1.29 is 24.6 Å². The number of rotatable bonds is 6. The van der Waals surface area contributed by atoms with Crippen molar-refractivity contribution in [1.29, 1.82) is 0 Å². The largest absolute Gasteiger partial charge is 0.480 e. The predicted octanol–water partition coefficient (Wildman–Crippen LogP) is -0.842. The van der Waals surface area contributed by atoms with E-state index < -0.39 is 29.4 Å². The van der Waals surface area contributed by atoms with Gasteiger partial charge in [0.2, 0.25) is 5.91 Å². The zero-order valence-electron chi connectivity index (χ0n) is 9.19. The third kappa shape index (κ3) is 4.74. The molecule has 0 heterocycles. The minimum atomic E-state index is -1.37. The Morgan fingerprint density at radius 3 is 2.19 bits per heavy atom. The Kier molecular flexibility index (Phi) is 4.90. The average molecular weight is 232 g/mol. The predicted molar refractivity (Wildman–Crippen MR) is 54.7 cm³/mol. The first-order chi connectivity index (χ1) is 7.16. The van der Waals surface area contributed by atoms with Crippen LogP contribution in [0.25, 0.3) is 0 Å². The van der Waals surface area contributed by atoms with E-state index in [-0.39, 0.29) is 12.8 Å². The smallest absolute Gasteiger partial charge is 0.328 e. The molecule has 0 saturated heterocycles. The lowest BCUT2D eigenvalue weighted by atomic mass is 10.1. The molecular formula is C9H16N2O5. The Morgan fingerprint density at radius 2 is 1.81 bits per heavy atom. The lowest BCUT2D eigenvalue weighted by Crippen LogP contribution is -2.50. The minimum Gasteiger partial charge on any atom is -0.480 e. The van der Waals surface area contributed by atoms with Crippen LogP contribution in [0, 0.1) is 0 Å². The normalized spacial score (nSPS) is 12.9. The molecule has 0 aliphatic rings. The molecule has 5 N–H and O–H groups in total. The summed E-state index contributed by atoms with van der Waals surface area (Å²) >= 11 is 0. The molecule has 0 aliphatic heterocycles. The zero-order valence-corrected chi connectivity index (χ0v) is 9.19. The number of carboxylic acids is 2. The van der Waals surface area contributed by atoms with Gasteiger partial charge >= 0.3 is 11.9 Å². The van der Waals surface area contributed by atoms with Gasteiger partial charge in [0.15, 0.2) is 0 Å². The van der Waals surface area contributed by atoms with Gasteiger partial charge in [-0.25, -0.2) is 4.79 Å². The molecule has 0 radical (unpaired) electrons. The molecule has 0 aromatic rings. The van der Waals surface area contributed by atoms with Crippen molar-refractivity contribution in [3.63, 3.8) is 0 Å². The van der Waals surface area contributed by atoms with E-state index in [1.54, 1.807) is 0 Å². The standard InChI is InChI=1S/C9H16N2O5/c1-9(2,8(15)16)11-6(12)4-3-5(10)7(13)14/h5H,3-4,10H2,1-2H3,(H,11,12)(H,13,14)(H,15,16)/t5-/m1/s1. The quantitative estimate of drug-likeness (QED) is 0.472. The summed E-state index contributed by atoms with van der Waals surface area (Å²) in [5, 5.41) is 19.5. The van der Waals surface area contributed by atoms with Crippen LogP contribution in [0.2, 0.25) is 0 Å². The van der Waals surface area contributed by atoms with Gasteiger partial charge in [0.1, 0.15) is 11.6 Å². The van der Waals surface area contributed by atoms with Crippen molar-refractivity contribution in [3.8, 4) is 0 Å². The van der Waals surface area contributed by atoms with Crippen LogP contribution in [0.3, 0.4) is 0 Å². The van der Waals surface area contributed by atoms with Crippen LogP contribution >= 0.6 is 0 Å². The summed E-state index contributed by atoms with van der Waals surface area (Å²) in [6, 6.07) is -1.11. The van der Waals surface area contributed by atoms with Crippen molar-refractivity contribution in [3.05, 3.63) is 0 Å². The topological polar surface area (TPSA) is 130 Å². The van der Waals surface area contributed by atoms with E-state index in [1.165, 1.54) is 13.8 Å². The maximum absolute atomic E-state index is 11.3. The number of amides is 1. The van der Waals surface area contributed by atoms with Crippen LogP contribution < -0.4 is 11.1 Å². The number of nitrogens with two attached hydrogens (primary N) is 1. The highest BCUT2D eigenvalue weighted by Crippen LogP contribution is 2.03. The van der Waals surface area contributed by atoms with E-state index in [0.717, 1.165) is 0 Å². The Bertz CT molecular complexity index is 300. The second kappa shape index (κ2) is 5.45. The fourth-order valence-electron chi connectivity index (χ4n) is 0.875. The highest BCUT2D eigenvalue weighted by molar-refractivity contribution is 5.86. The minimum absolute atomic E-state index is 0.0309. The van der Waals surface area contributed by atoms with E-state index in [9.17, 15) is 14.4 Å². The van der Waals surface area contributed by atoms with Crippen molar-refractivity contribution >= 4 is 17.8 Å². The number of carboxylic acid groups (broad SMARTS) is 2. The van der Waals surface area contributed by atoms with E-state index in [4.69, 9.17) is 15.9 Å². The maximum atomic E-state index is 11.3. The lowest BCUT2D eigenvalue weighted by Gasteiger charge is -2.21. The molecule has 0 aromatic heterocycles. The highest BCUT2D eigenvalue weighted by atomic mass is 16.4.